The van der Waals surface area contributed by atoms with E-state index >= 15 is 0 Å². The lowest BCUT2D eigenvalue weighted by molar-refractivity contribution is -0.150. The Hall–Kier alpha value is -3.30. The van der Waals surface area contributed by atoms with Crippen LogP contribution in [0.5, 0.6) is 11.5 Å². The zero-order chi connectivity index (χ0) is 25.7. The number of esters is 1. The Morgan fingerprint density at radius 1 is 1.23 bits per heavy atom. The van der Waals surface area contributed by atoms with Gasteiger partial charge in [-0.05, 0) is 75.3 Å². The summed E-state index contributed by atoms with van der Waals surface area (Å²) < 4.78 is 16.2. The molecule has 8 nitrogen and oxygen atoms in total. The summed E-state index contributed by atoms with van der Waals surface area (Å²) in [6.07, 6.45) is -0.894. The molecule has 0 radical (unpaired) electrons. The van der Waals surface area contributed by atoms with Crippen molar-refractivity contribution in [1.82, 2.24) is 10.6 Å². The summed E-state index contributed by atoms with van der Waals surface area (Å²) in [6, 6.07) is 10.3. The number of thiocarbonyl (C=S) groups is 1. The average molecular weight is 518 g/mol. The number of hydrogen-bond acceptors (Lipinski definition) is 6. The number of hydrogen-bond donors (Lipinski definition) is 3. The van der Waals surface area contributed by atoms with E-state index in [-0.39, 0.29) is 23.3 Å². The van der Waals surface area contributed by atoms with Crippen LogP contribution in [0.25, 0.3) is 0 Å². The van der Waals surface area contributed by atoms with Gasteiger partial charge in [0.05, 0.1) is 30.4 Å². The SMILES string of the molecule is CCOC(=O)[C@@H](C)Oc1c(Cl)cc([C@H]2NC(=S)NC(C)=C2C(=O)Nc2cccc(C)c2)cc1OC. The van der Waals surface area contributed by atoms with Crippen LogP contribution in [-0.4, -0.2) is 36.8 Å². The second kappa shape index (κ2) is 11.4. The van der Waals surface area contributed by atoms with Crippen molar-refractivity contribution in [3.8, 4) is 11.5 Å². The molecule has 10 heteroatoms. The van der Waals surface area contributed by atoms with Crippen LogP contribution < -0.4 is 25.4 Å². The molecular formula is C25H28ClN3O5S. The highest BCUT2D eigenvalue weighted by molar-refractivity contribution is 7.80. The number of rotatable bonds is 8. The number of carbonyl (C=O) groups excluding carboxylic acids is 2. The van der Waals surface area contributed by atoms with Gasteiger partial charge >= 0.3 is 5.97 Å². The smallest absolute Gasteiger partial charge is 0.347 e. The van der Waals surface area contributed by atoms with Gasteiger partial charge in [-0.25, -0.2) is 4.79 Å². The van der Waals surface area contributed by atoms with Crippen LogP contribution >= 0.6 is 23.8 Å². The van der Waals surface area contributed by atoms with Crippen molar-refractivity contribution in [1.29, 1.82) is 0 Å². The first-order valence-corrected chi connectivity index (χ1v) is 11.8. The summed E-state index contributed by atoms with van der Waals surface area (Å²) in [5.74, 6) is -0.326. The molecule has 2 aromatic carbocycles. The Bertz CT molecular complexity index is 1180. The quantitative estimate of drug-likeness (QED) is 0.350. The number of amides is 1. The third-order valence-electron chi connectivity index (χ3n) is 5.29. The van der Waals surface area contributed by atoms with E-state index in [1.54, 1.807) is 32.9 Å². The van der Waals surface area contributed by atoms with Gasteiger partial charge in [0.15, 0.2) is 22.7 Å². The predicted molar refractivity (Wildman–Crippen MR) is 139 cm³/mol. The summed E-state index contributed by atoms with van der Waals surface area (Å²) in [5.41, 5.74) is 3.37. The van der Waals surface area contributed by atoms with Crippen LogP contribution in [0.3, 0.4) is 0 Å². The molecule has 2 atom stereocenters. The average Bonchev–Trinajstić information content (AvgIpc) is 2.79. The highest BCUT2D eigenvalue weighted by atomic mass is 35.5. The third kappa shape index (κ3) is 6.23. The van der Waals surface area contributed by atoms with Crippen molar-refractivity contribution in [2.24, 2.45) is 0 Å². The second-order valence-electron chi connectivity index (χ2n) is 7.94. The normalized spacial score (nSPS) is 16.1. The summed E-state index contributed by atoms with van der Waals surface area (Å²) in [4.78, 5) is 25.4. The van der Waals surface area contributed by atoms with Crippen molar-refractivity contribution >= 4 is 46.5 Å². The largest absolute Gasteiger partial charge is 0.493 e. The summed E-state index contributed by atoms with van der Waals surface area (Å²) >= 11 is 11.9. The molecule has 1 amide bonds. The Balaban J connectivity index is 1.97. The molecule has 1 aliphatic rings. The van der Waals surface area contributed by atoms with E-state index in [0.29, 0.717) is 33.4 Å². The van der Waals surface area contributed by atoms with Crippen molar-refractivity contribution in [2.75, 3.05) is 19.0 Å². The molecule has 0 aliphatic carbocycles. The first-order valence-electron chi connectivity index (χ1n) is 11.0. The van der Waals surface area contributed by atoms with E-state index in [1.165, 1.54) is 7.11 Å². The number of nitrogens with one attached hydrogen (secondary N) is 3. The number of allylic oxidation sites excluding steroid dienone is 1. The first-order chi connectivity index (χ1) is 16.6. The molecule has 0 spiro atoms. The lowest BCUT2D eigenvalue weighted by atomic mass is 9.94. The molecule has 0 aromatic heterocycles. The molecule has 35 heavy (non-hydrogen) atoms. The van der Waals surface area contributed by atoms with E-state index in [0.717, 1.165) is 5.56 Å². The molecule has 0 saturated carbocycles. The van der Waals surface area contributed by atoms with Crippen molar-refractivity contribution in [3.63, 3.8) is 0 Å². The molecular weight excluding hydrogens is 490 g/mol. The van der Waals surface area contributed by atoms with Crippen molar-refractivity contribution in [2.45, 2.75) is 39.8 Å². The second-order valence-corrected chi connectivity index (χ2v) is 8.76. The lowest BCUT2D eigenvalue weighted by Gasteiger charge is -2.31. The zero-order valence-electron chi connectivity index (χ0n) is 20.2. The molecule has 0 unspecified atom stereocenters. The minimum absolute atomic E-state index is 0.196. The standard InChI is InChI=1S/C25H28ClN3O5S/c1-6-33-24(31)15(4)34-22-18(26)11-16(12-19(22)32-5)21-20(14(3)27-25(35)29-21)23(30)28-17-9-7-8-13(2)10-17/h7-12,15,21H,6H2,1-5H3,(H,28,30)(H2,27,29,35)/t15-,21-/m1/s1. The maximum Gasteiger partial charge on any atom is 0.347 e. The minimum atomic E-state index is -0.894. The fourth-order valence-electron chi connectivity index (χ4n) is 3.67. The van der Waals surface area contributed by atoms with Gasteiger partial charge in [-0.2, -0.15) is 0 Å². The molecule has 1 aliphatic heterocycles. The van der Waals surface area contributed by atoms with Gasteiger partial charge in [-0.1, -0.05) is 23.7 Å². The van der Waals surface area contributed by atoms with Gasteiger partial charge < -0.3 is 30.2 Å². The Labute approximate surface area is 215 Å². The molecule has 0 bridgehead atoms. The molecule has 186 valence electrons. The maximum absolute atomic E-state index is 13.3. The van der Waals surface area contributed by atoms with Gasteiger partial charge in [0, 0.05) is 11.4 Å². The summed E-state index contributed by atoms with van der Waals surface area (Å²) in [7, 11) is 1.46. The van der Waals surface area contributed by atoms with E-state index in [2.05, 4.69) is 16.0 Å². The van der Waals surface area contributed by atoms with E-state index in [4.69, 9.17) is 38.0 Å². The fraction of sp³-hybridized carbons (Fsp3) is 0.320. The topological polar surface area (TPSA) is 97.9 Å². The Morgan fingerprint density at radius 3 is 2.63 bits per heavy atom. The molecule has 3 N–H and O–H groups in total. The van der Waals surface area contributed by atoms with E-state index in [1.807, 2.05) is 31.2 Å². The molecule has 3 rings (SSSR count). The predicted octanol–water partition coefficient (Wildman–Crippen LogP) is 4.42. The molecule has 1 heterocycles. The van der Waals surface area contributed by atoms with Gasteiger partial charge in [0.25, 0.3) is 5.91 Å². The van der Waals surface area contributed by atoms with Crippen LogP contribution in [0.1, 0.15) is 37.9 Å². The number of carbonyl (C=O) groups is 2. The highest BCUT2D eigenvalue weighted by Crippen LogP contribution is 2.40. The van der Waals surface area contributed by atoms with Crippen LogP contribution in [0.4, 0.5) is 5.69 Å². The van der Waals surface area contributed by atoms with Gasteiger partial charge in [-0.15, -0.1) is 0 Å². The van der Waals surface area contributed by atoms with Gasteiger partial charge in [0.1, 0.15) is 0 Å². The monoisotopic (exact) mass is 517 g/mol. The van der Waals surface area contributed by atoms with Gasteiger partial charge in [-0.3, -0.25) is 4.79 Å². The summed E-state index contributed by atoms with van der Waals surface area (Å²) in [6.45, 7) is 7.24. The lowest BCUT2D eigenvalue weighted by Crippen LogP contribution is -2.45. The Kier molecular flexibility index (Phi) is 8.58. The number of anilines is 1. The highest BCUT2D eigenvalue weighted by Gasteiger charge is 2.32. The summed E-state index contributed by atoms with van der Waals surface area (Å²) in [5, 5.41) is 9.66. The fourth-order valence-corrected chi connectivity index (χ4v) is 4.21. The van der Waals surface area contributed by atoms with Crippen molar-refractivity contribution < 1.29 is 23.8 Å². The third-order valence-corrected chi connectivity index (χ3v) is 5.79. The molecule has 2 aromatic rings. The van der Waals surface area contributed by atoms with E-state index in [9.17, 15) is 9.59 Å². The maximum atomic E-state index is 13.3. The number of methoxy groups -OCH3 is 1. The minimum Gasteiger partial charge on any atom is -0.493 e. The molecule has 0 fully saturated rings. The first kappa shape index (κ1) is 26.3. The van der Waals surface area contributed by atoms with Crippen LogP contribution in [0, 0.1) is 6.92 Å². The molecule has 0 saturated heterocycles. The van der Waals surface area contributed by atoms with Crippen LogP contribution in [0.15, 0.2) is 47.7 Å². The van der Waals surface area contributed by atoms with Crippen molar-refractivity contribution in [3.05, 3.63) is 63.8 Å². The zero-order valence-corrected chi connectivity index (χ0v) is 21.7. The van der Waals surface area contributed by atoms with Crippen LogP contribution in [-0.2, 0) is 14.3 Å². The number of benzene rings is 2. The Morgan fingerprint density at radius 2 is 1.97 bits per heavy atom. The number of ether oxygens (including phenoxy) is 3. The van der Waals surface area contributed by atoms with Crippen LogP contribution in [0.2, 0.25) is 5.02 Å². The van der Waals surface area contributed by atoms with Gasteiger partial charge in [0.2, 0.25) is 0 Å². The number of halogens is 1. The van der Waals surface area contributed by atoms with E-state index < -0.39 is 18.1 Å². The number of aryl methyl sites for hydroxylation is 1.